The highest BCUT2D eigenvalue weighted by atomic mass is 16.6. The van der Waals surface area contributed by atoms with E-state index in [4.69, 9.17) is 9.47 Å². The summed E-state index contributed by atoms with van der Waals surface area (Å²) in [5.74, 6) is 0.644. The van der Waals surface area contributed by atoms with Crippen LogP contribution in [0.1, 0.15) is 10.4 Å². The fraction of sp³-hybridized carbons (Fsp3) is 0.133. The van der Waals surface area contributed by atoms with Crippen molar-refractivity contribution in [1.82, 2.24) is 0 Å². The number of nitro benzene ring substituents is 1. The van der Waals surface area contributed by atoms with Gasteiger partial charge in [-0.1, -0.05) is 12.1 Å². The Kier molecular flexibility index (Phi) is 4.18. The van der Waals surface area contributed by atoms with Crippen molar-refractivity contribution in [3.8, 4) is 22.6 Å². The first-order chi connectivity index (χ1) is 10.1. The molecule has 0 N–H and O–H groups in total. The van der Waals surface area contributed by atoms with Gasteiger partial charge in [0.1, 0.15) is 0 Å². The summed E-state index contributed by atoms with van der Waals surface area (Å²) in [6.07, 6.45) is 0.625. The topological polar surface area (TPSA) is 78.7 Å². The summed E-state index contributed by atoms with van der Waals surface area (Å²) in [5, 5.41) is 11.1. The van der Waals surface area contributed by atoms with Crippen LogP contribution in [0.4, 0.5) is 5.69 Å². The molecule has 21 heavy (non-hydrogen) atoms. The van der Waals surface area contributed by atoms with Gasteiger partial charge in [0.25, 0.3) is 5.69 Å². The van der Waals surface area contributed by atoms with Crippen LogP contribution < -0.4 is 9.47 Å². The molecule has 0 fully saturated rings. The molecule has 0 bridgehead atoms. The molecule has 108 valence electrons. The van der Waals surface area contributed by atoms with Crippen LogP contribution in [0.25, 0.3) is 11.1 Å². The first-order valence-electron chi connectivity index (χ1n) is 6.07. The molecule has 2 aromatic carbocycles. The van der Waals surface area contributed by atoms with Crippen molar-refractivity contribution in [2.24, 2.45) is 0 Å². The number of hydrogen-bond acceptors (Lipinski definition) is 5. The molecule has 0 saturated heterocycles. The lowest BCUT2D eigenvalue weighted by Crippen LogP contribution is -1.97. The van der Waals surface area contributed by atoms with E-state index in [1.807, 2.05) is 0 Å². The van der Waals surface area contributed by atoms with Crippen molar-refractivity contribution in [2.75, 3.05) is 14.2 Å². The van der Waals surface area contributed by atoms with Crippen molar-refractivity contribution < 1.29 is 19.2 Å². The van der Waals surface area contributed by atoms with E-state index >= 15 is 0 Å². The Morgan fingerprint density at radius 1 is 1.14 bits per heavy atom. The predicted octanol–water partition coefficient (Wildman–Crippen LogP) is 3.09. The number of carbonyl (C=O) groups is 1. The normalized spacial score (nSPS) is 10.0. The number of ether oxygens (including phenoxy) is 2. The van der Waals surface area contributed by atoms with Gasteiger partial charge in [0.15, 0.2) is 17.8 Å². The highest BCUT2D eigenvalue weighted by molar-refractivity contribution is 5.87. The van der Waals surface area contributed by atoms with E-state index in [2.05, 4.69) is 0 Å². The van der Waals surface area contributed by atoms with Gasteiger partial charge in [-0.05, 0) is 23.8 Å². The maximum absolute atomic E-state index is 11.2. The van der Waals surface area contributed by atoms with E-state index < -0.39 is 4.92 Å². The number of benzene rings is 2. The molecule has 0 radical (unpaired) electrons. The molecule has 0 spiro atoms. The van der Waals surface area contributed by atoms with Crippen LogP contribution in [-0.4, -0.2) is 25.4 Å². The SMILES string of the molecule is COc1cc(-c2ccccc2[N+](=O)[O-])cc(C=O)c1OC. The third kappa shape index (κ3) is 2.69. The van der Waals surface area contributed by atoms with E-state index in [0.29, 0.717) is 28.9 Å². The van der Waals surface area contributed by atoms with Gasteiger partial charge in [-0.3, -0.25) is 14.9 Å². The predicted molar refractivity (Wildman–Crippen MR) is 77.0 cm³/mol. The minimum Gasteiger partial charge on any atom is -0.493 e. The Balaban J connectivity index is 2.71. The van der Waals surface area contributed by atoms with Crippen molar-refractivity contribution in [3.63, 3.8) is 0 Å². The van der Waals surface area contributed by atoms with Gasteiger partial charge < -0.3 is 9.47 Å². The van der Waals surface area contributed by atoms with Crippen LogP contribution in [-0.2, 0) is 0 Å². The van der Waals surface area contributed by atoms with Gasteiger partial charge in [0.05, 0.1) is 30.3 Å². The number of nitrogens with zero attached hydrogens (tertiary/aromatic N) is 1. The van der Waals surface area contributed by atoms with Gasteiger partial charge >= 0.3 is 0 Å². The van der Waals surface area contributed by atoms with E-state index in [1.54, 1.807) is 24.3 Å². The molecular formula is C15H13NO5. The zero-order valence-corrected chi connectivity index (χ0v) is 11.5. The second kappa shape index (κ2) is 6.04. The maximum Gasteiger partial charge on any atom is 0.277 e. The molecule has 0 saturated carbocycles. The van der Waals surface area contributed by atoms with Gasteiger partial charge in [-0.2, -0.15) is 0 Å². The average molecular weight is 287 g/mol. The maximum atomic E-state index is 11.2. The number of aldehydes is 1. The number of carbonyl (C=O) groups excluding carboxylic acids is 1. The Bertz CT molecular complexity index is 696. The molecule has 0 heterocycles. The first-order valence-corrected chi connectivity index (χ1v) is 6.07. The van der Waals surface area contributed by atoms with Gasteiger partial charge in [-0.15, -0.1) is 0 Å². The van der Waals surface area contributed by atoms with Crippen molar-refractivity contribution in [1.29, 1.82) is 0 Å². The highest BCUT2D eigenvalue weighted by Crippen LogP contribution is 2.38. The van der Waals surface area contributed by atoms with Crippen LogP contribution in [0.15, 0.2) is 36.4 Å². The Labute approximate surface area is 121 Å². The molecule has 0 aromatic heterocycles. The Hall–Kier alpha value is -2.89. The monoisotopic (exact) mass is 287 g/mol. The number of rotatable bonds is 5. The third-order valence-corrected chi connectivity index (χ3v) is 3.05. The zero-order valence-electron chi connectivity index (χ0n) is 11.5. The second-order valence-corrected chi connectivity index (χ2v) is 4.19. The minimum absolute atomic E-state index is 0.0402. The fourth-order valence-electron chi connectivity index (χ4n) is 2.11. The summed E-state index contributed by atoms with van der Waals surface area (Å²) in [6, 6.07) is 9.45. The summed E-state index contributed by atoms with van der Waals surface area (Å²) in [6.45, 7) is 0. The van der Waals surface area contributed by atoms with Crippen LogP contribution in [0.3, 0.4) is 0 Å². The molecule has 2 rings (SSSR count). The Morgan fingerprint density at radius 2 is 1.86 bits per heavy atom. The van der Waals surface area contributed by atoms with Gasteiger partial charge in [-0.25, -0.2) is 0 Å². The highest BCUT2D eigenvalue weighted by Gasteiger charge is 2.18. The van der Waals surface area contributed by atoms with Crippen molar-refractivity contribution in [2.45, 2.75) is 0 Å². The third-order valence-electron chi connectivity index (χ3n) is 3.05. The van der Waals surface area contributed by atoms with Crippen molar-refractivity contribution >= 4 is 12.0 Å². The van der Waals surface area contributed by atoms with E-state index in [1.165, 1.54) is 26.4 Å². The van der Waals surface area contributed by atoms with Gasteiger partial charge in [0, 0.05) is 6.07 Å². The zero-order chi connectivity index (χ0) is 15.4. The summed E-state index contributed by atoms with van der Waals surface area (Å²) < 4.78 is 10.3. The van der Waals surface area contributed by atoms with Crippen LogP contribution in [0.2, 0.25) is 0 Å². The van der Waals surface area contributed by atoms with Crippen LogP contribution >= 0.6 is 0 Å². The molecule has 0 aliphatic carbocycles. The molecule has 2 aromatic rings. The molecule has 6 heteroatoms. The van der Waals surface area contributed by atoms with Crippen LogP contribution in [0.5, 0.6) is 11.5 Å². The smallest absolute Gasteiger partial charge is 0.277 e. The summed E-state index contributed by atoms with van der Waals surface area (Å²) >= 11 is 0. The number of para-hydroxylation sites is 1. The standard InChI is InChI=1S/C15H13NO5/c1-20-14-8-10(7-11(9-17)15(14)21-2)12-5-3-4-6-13(12)16(18)19/h3-9H,1-2H3. The summed E-state index contributed by atoms with van der Waals surface area (Å²) in [4.78, 5) is 21.8. The summed E-state index contributed by atoms with van der Waals surface area (Å²) in [7, 11) is 2.87. The van der Waals surface area contributed by atoms with E-state index in [9.17, 15) is 14.9 Å². The lowest BCUT2D eigenvalue weighted by atomic mass is 10.0. The second-order valence-electron chi connectivity index (χ2n) is 4.19. The molecule has 0 unspecified atom stereocenters. The molecule has 6 nitrogen and oxygen atoms in total. The number of nitro groups is 1. The quantitative estimate of drug-likeness (QED) is 0.479. The number of methoxy groups -OCH3 is 2. The largest absolute Gasteiger partial charge is 0.493 e. The fourth-order valence-corrected chi connectivity index (χ4v) is 2.11. The minimum atomic E-state index is -0.466. The lowest BCUT2D eigenvalue weighted by Gasteiger charge is -2.12. The van der Waals surface area contributed by atoms with Crippen LogP contribution in [0, 0.1) is 10.1 Å². The van der Waals surface area contributed by atoms with Gasteiger partial charge in [0.2, 0.25) is 0 Å². The molecule has 0 aliphatic heterocycles. The lowest BCUT2D eigenvalue weighted by molar-refractivity contribution is -0.384. The molecular weight excluding hydrogens is 274 g/mol. The van der Waals surface area contributed by atoms with Crippen molar-refractivity contribution in [3.05, 3.63) is 52.1 Å². The molecule has 0 atom stereocenters. The van der Waals surface area contributed by atoms with E-state index in [-0.39, 0.29) is 11.3 Å². The number of hydrogen-bond donors (Lipinski definition) is 0. The van der Waals surface area contributed by atoms with E-state index in [0.717, 1.165) is 0 Å². The summed E-state index contributed by atoms with van der Waals surface area (Å²) in [5.41, 5.74) is 1.15. The molecule has 0 amide bonds. The average Bonchev–Trinajstić information content (AvgIpc) is 2.53. The Morgan fingerprint density at radius 3 is 2.43 bits per heavy atom. The molecule has 0 aliphatic rings. The first kappa shape index (κ1) is 14.5.